The van der Waals surface area contributed by atoms with Crippen LogP contribution in [0.3, 0.4) is 0 Å². The molecule has 0 spiro atoms. The first-order chi connectivity index (χ1) is 2.47. The standard InChI is InChI=1S/Na.H3O4PS.H/c;1-5(2,3)4-6-5;/h;1-3H;. The Balaban J connectivity index is 0.000000360. The summed E-state index contributed by atoms with van der Waals surface area (Å²) in [5, 5.41) is 0. The fraction of sp³-hybridized carbons (Fsp3) is 0. The van der Waals surface area contributed by atoms with Crippen LogP contribution in [0, 0.1) is 0 Å². The number of hydrogen-bond donors (Lipinski definition) is 3. The Labute approximate surface area is 66.4 Å². The Hall–Kier alpha value is 1.62. The second kappa shape index (κ2) is 1.80. The molecule has 0 aromatic carbocycles. The molecule has 1 heterocycles. The first kappa shape index (κ1) is 8.62. The van der Waals surface area contributed by atoms with Crippen LogP contribution >= 0.6 is 18.4 Å². The minimum absolute atomic E-state index is 0. The van der Waals surface area contributed by atoms with Crippen molar-refractivity contribution in [3.8, 4) is 0 Å². The van der Waals surface area contributed by atoms with E-state index in [1.165, 1.54) is 0 Å². The molecule has 40 valence electrons. The average molecular weight is 154 g/mol. The Morgan fingerprint density at radius 3 is 1.43 bits per heavy atom. The average Bonchev–Trinajstić information content (AvgIpc) is 1.73. The first-order valence-corrected chi connectivity index (χ1v) is 4.49. The molecule has 1 rings (SSSR count). The predicted molar refractivity (Wildman–Crippen MR) is 29.4 cm³/mol. The molecule has 0 radical (unpaired) electrons. The predicted octanol–water partition coefficient (Wildman–Crippen LogP) is -0.879. The fourth-order valence-electron chi connectivity index (χ4n) is 0.0447. The molecule has 7 heavy (non-hydrogen) atoms. The van der Waals surface area contributed by atoms with E-state index in [0.29, 0.717) is 11.7 Å². The second-order valence-electron chi connectivity index (χ2n) is 0.982. The monoisotopic (exact) mass is 154 g/mol. The van der Waals surface area contributed by atoms with Crippen LogP contribution in [0.5, 0.6) is 0 Å². The van der Waals surface area contributed by atoms with Crippen LogP contribution in [0.15, 0.2) is 0 Å². The SMILES string of the molecule is OP1(O)(O)OS1.[NaH]. The molecule has 0 aromatic rings. The number of rotatable bonds is 0. The minimum atomic E-state index is -4.38. The molecule has 1 fully saturated rings. The van der Waals surface area contributed by atoms with Crippen molar-refractivity contribution in [2.24, 2.45) is 0 Å². The Morgan fingerprint density at radius 2 is 1.43 bits per heavy atom. The van der Waals surface area contributed by atoms with Gasteiger partial charge in [0, 0.05) is 0 Å². The molecule has 7 heteroatoms. The van der Waals surface area contributed by atoms with E-state index in [-0.39, 0.29) is 29.6 Å². The summed E-state index contributed by atoms with van der Waals surface area (Å²) in [6.45, 7) is -4.38. The maximum absolute atomic E-state index is 8.08. The third-order valence-corrected chi connectivity index (χ3v) is 2.47. The molecule has 1 saturated heterocycles. The number of hydrogen-bond acceptors (Lipinski definition) is 5. The van der Waals surface area contributed by atoms with Crippen molar-refractivity contribution in [2.45, 2.75) is 0 Å². The van der Waals surface area contributed by atoms with Gasteiger partial charge in [-0.1, -0.05) is 0 Å². The molecule has 0 aliphatic carbocycles. The van der Waals surface area contributed by atoms with Crippen molar-refractivity contribution in [3.05, 3.63) is 0 Å². The van der Waals surface area contributed by atoms with Gasteiger partial charge in [0.25, 0.3) is 0 Å². The summed E-state index contributed by atoms with van der Waals surface area (Å²) in [6.07, 6.45) is 0. The van der Waals surface area contributed by atoms with Gasteiger partial charge in [-0.15, -0.1) is 0 Å². The van der Waals surface area contributed by atoms with Crippen LogP contribution in [-0.4, -0.2) is 44.2 Å². The van der Waals surface area contributed by atoms with Crippen molar-refractivity contribution in [3.63, 3.8) is 0 Å². The first-order valence-electron chi connectivity index (χ1n) is 1.13. The van der Waals surface area contributed by atoms with Gasteiger partial charge in [0.1, 0.15) is 0 Å². The third kappa shape index (κ3) is 3.24. The zero-order chi connectivity index (χ0) is 4.86. The van der Waals surface area contributed by atoms with E-state index in [1.807, 2.05) is 0 Å². The van der Waals surface area contributed by atoms with E-state index in [2.05, 4.69) is 3.97 Å². The topological polar surface area (TPSA) is 73.2 Å². The molecule has 1 aliphatic rings. The van der Waals surface area contributed by atoms with Gasteiger partial charge in [-0.2, -0.15) is 0 Å². The zero-order valence-electron chi connectivity index (χ0n) is 2.61. The molecule has 3 N–H and O–H groups in total. The summed E-state index contributed by atoms with van der Waals surface area (Å²) < 4.78 is 3.80. The van der Waals surface area contributed by atoms with Crippen LogP contribution in [0.1, 0.15) is 0 Å². The van der Waals surface area contributed by atoms with E-state index in [4.69, 9.17) is 14.7 Å². The van der Waals surface area contributed by atoms with Crippen LogP contribution in [0.4, 0.5) is 0 Å². The van der Waals surface area contributed by atoms with Crippen LogP contribution in [-0.2, 0) is 3.97 Å². The molecular weight excluding hydrogens is 150 g/mol. The van der Waals surface area contributed by atoms with Gasteiger partial charge in [0.2, 0.25) is 0 Å². The summed E-state index contributed by atoms with van der Waals surface area (Å²) >= 11 is 0.325. The van der Waals surface area contributed by atoms with Crippen molar-refractivity contribution in [2.75, 3.05) is 0 Å². The van der Waals surface area contributed by atoms with Crippen molar-refractivity contribution >= 4 is 47.9 Å². The molecule has 4 nitrogen and oxygen atoms in total. The molecule has 0 bridgehead atoms. The zero-order valence-corrected chi connectivity index (χ0v) is 4.32. The summed E-state index contributed by atoms with van der Waals surface area (Å²) in [6, 6.07) is 0. The third-order valence-electron chi connectivity index (χ3n) is 0.275. The molecule has 1 aliphatic heterocycles. The quantitative estimate of drug-likeness (QED) is 0.183. The maximum atomic E-state index is 8.08. The van der Waals surface area contributed by atoms with Gasteiger partial charge in [0.05, 0.1) is 0 Å². The van der Waals surface area contributed by atoms with E-state index in [0.717, 1.165) is 0 Å². The van der Waals surface area contributed by atoms with Crippen molar-refractivity contribution < 1.29 is 18.7 Å². The summed E-state index contributed by atoms with van der Waals surface area (Å²) in [7, 11) is 0. The van der Waals surface area contributed by atoms with Gasteiger partial charge < -0.3 is 0 Å². The van der Waals surface area contributed by atoms with Crippen LogP contribution in [0.25, 0.3) is 0 Å². The molecule has 0 atom stereocenters. The van der Waals surface area contributed by atoms with E-state index in [9.17, 15) is 0 Å². The second-order valence-corrected chi connectivity index (χ2v) is 5.76. The Bertz CT molecular complexity index is 75.4. The van der Waals surface area contributed by atoms with E-state index < -0.39 is 6.71 Å². The summed E-state index contributed by atoms with van der Waals surface area (Å²) in [4.78, 5) is 24.2. The van der Waals surface area contributed by atoms with E-state index >= 15 is 0 Å². The Morgan fingerprint density at radius 1 is 1.29 bits per heavy atom. The Kier molecular flexibility index (Phi) is 2.22. The fourth-order valence-corrected chi connectivity index (χ4v) is 1.21. The molecule has 0 saturated carbocycles. The van der Waals surface area contributed by atoms with Gasteiger partial charge in [-0.25, -0.2) is 0 Å². The van der Waals surface area contributed by atoms with Crippen molar-refractivity contribution in [1.29, 1.82) is 0 Å². The molecular formula is H4NaO4PS. The van der Waals surface area contributed by atoms with E-state index in [1.54, 1.807) is 0 Å². The van der Waals surface area contributed by atoms with Gasteiger partial charge in [-0.05, 0) is 0 Å². The van der Waals surface area contributed by atoms with Gasteiger partial charge in [0.15, 0.2) is 0 Å². The van der Waals surface area contributed by atoms with Crippen LogP contribution < -0.4 is 0 Å². The van der Waals surface area contributed by atoms with Crippen LogP contribution in [0.2, 0.25) is 0 Å². The van der Waals surface area contributed by atoms with Gasteiger partial charge in [-0.3, -0.25) is 0 Å². The molecule has 0 aromatic heterocycles. The van der Waals surface area contributed by atoms with Gasteiger partial charge >= 0.3 is 66.6 Å². The summed E-state index contributed by atoms with van der Waals surface area (Å²) in [5.41, 5.74) is 0. The summed E-state index contributed by atoms with van der Waals surface area (Å²) in [5.74, 6) is 0. The molecule has 0 unspecified atom stereocenters. The van der Waals surface area contributed by atoms with Crippen molar-refractivity contribution in [1.82, 2.24) is 0 Å². The molecule has 0 amide bonds. The normalized spacial score (nSPS) is 36.7.